The van der Waals surface area contributed by atoms with Crippen molar-refractivity contribution in [2.45, 2.75) is 25.0 Å². The highest BCUT2D eigenvalue weighted by Crippen LogP contribution is 2.25. The first-order valence-electron chi connectivity index (χ1n) is 9.75. The van der Waals surface area contributed by atoms with E-state index in [9.17, 15) is 10.2 Å². The Labute approximate surface area is 157 Å². The second-order valence-corrected chi connectivity index (χ2v) is 7.80. The van der Waals surface area contributed by atoms with Crippen LogP contribution in [0.4, 0.5) is 0 Å². The van der Waals surface area contributed by atoms with E-state index in [0.717, 1.165) is 63.5 Å². The summed E-state index contributed by atoms with van der Waals surface area (Å²) in [5, 5.41) is 19.8. The molecule has 0 unspecified atom stereocenters. The van der Waals surface area contributed by atoms with Crippen molar-refractivity contribution in [2.24, 2.45) is 0 Å². The normalized spacial score (nSPS) is 26.1. The predicted octanol–water partition coefficient (Wildman–Crippen LogP) is 0.632. The molecule has 2 saturated heterocycles. The number of piperidine rings is 1. The van der Waals surface area contributed by atoms with E-state index in [0.29, 0.717) is 19.6 Å². The fourth-order valence-electron chi connectivity index (χ4n) is 3.84. The van der Waals surface area contributed by atoms with Crippen molar-refractivity contribution in [3.05, 3.63) is 29.8 Å². The van der Waals surface area contributed by atoms with Gasteiger partial charge in [0.1, 0.15) is 18.0 Å². The molecule has 0 aliphatic carbocycles. The molecule has 146 valence electrons. The van der Waals surface area contributed by atoms with Crippen LogP contribution >= 0.6 is 0 Å². The van der Waals surface area contributed by atoms with Crippen LogP contribution in [0.5, 0.6) is 5.75 Å². The summed E-state index contributed by atoms with van der Waals surface area (Å²) in [5.41, 5.74) is 0.184. The van der Waals surface area contributed by atoms with E-state index in [-0.39, 0.29) is 6.61 Å². The van der Waals surface area contributed by atoms with E-state index in [1.807, 2.05) is 18.2 Å². The monoisotopic (exact) mass is 363 g/mol. The highest BCUT2D eigenvalue weighted by molar-refractivity contribution is 5.33. The van der Waals surface area contributed by atoms with Crippen LogP contribution in [0.1, 0.15) is 18.4 Å². The number of hydrogen-bond donors (Lipinski definition) is 2. The van der Waals surface area contributed by atoms with Gasteiger partial charge in [-0.2, -0.15) is 0 Å². The van der Waals surface area contributed by atoms with Crippen LogP contribution in [0.3, 0.4) is 0 Å². The number of likely N-dealkylation sites (N-methyl/N-ethyl adjacent to an activating group) is 1. The molecule has 3 rings (SSSR count). The zero-order valence-corrected chi connectivity index (χ0v) is 15.9. The number of para-hydroxylation sites is 1. The summed E-state index contributed by atoms with van der Waals surface area (Å²) in [5.74, 6) is 0.930. The lowest BCUT2D eigenvalue weighted by Crippen LogP contribution is -2.50. The zero-order chi connectivity index (χ0) is 18.4. The Morgan fingerprint density at radius 2 is 1.85 bits per heavy atom. The second kappa shape index (κ2) is 9.15. The number of aliphatic hydroxyl groups is 2. The molecule has 6 heteroatoms. The van der Waals surface area contributed by atoms with E-state index in [1.54, 1.807) is 0 Å². The average Bonchev–Trinajstić information content (AvgIpc) is 2.65. The van der Waals surface area contributed by atoms with Crippen LogP contribution in [-0.2, 0) is 6.54 Å². The van der Waals surface area contributed by atoms with Gasteiger partial charge in [0.15, 0.2) is 0 Å². The summed E-state index contributed by atoms with van der Waals surface area (Å²) in [6, 6.07) is 8.17. The molecule has 2 aliphatic heterocycles. The first kappa shape index (κ1) is 19.6. The molecule has 2 fully saturated rings. The maximum absolute atomic E-state index is 10.4. The summed E-state index contributed by atoms with van der Waals surface area (Å²) in [7, 11) is 2.17. The highest BCUT2D eigenvalue weighted by atomic mass is 16.5. The van der Waals surface area contributed by atoms with E-state index in [1.165, 1.54) is 0 Å². The van der Waals surface area contributed by atoms with Gasteiger partial charge in [0, 0.05) is 51.4 Å². The number of rotatable bonds is 7. The SMILES string of the molecule is CN1CCN(CCOc2ccccc2CN2CCC[C@@](O)(CO)C2)CC1. The molecule has 1 atom stereocenters. The van der Waals surface area contributed by atoms with Crippen molar-refractivity contribution in [1.82, 2.24) is 14.7 Å². The Balaban J connectivity index is 1.51. The lowest BCUT2D eigenvalue weighted by molar-refractivity contribution is -0.0688. The predicted molar refractivity (Wildman–Crippen MR) is 102 cm³/mol. The minimum Gasteiger partial charge on any atom is -0.492 e. The number of aliphatic hydroxyl groups excluding tert-OH is 1. The minimum absolute atomic E-state index is 0.174. The third-order valence-corrected chi connectivity index (χ3v) is 5.56. The molecular formula is C20H33N3O3. The molecule has 2 aliphatic rings. The van der Waals surface area contributed by atoms with Gasteiger partial charge < -0.3 is 19.8 Å². The molecule has 0 saturated carbocycles. The molecule has 1 aromatic carbocycles. The van der Waals surface area contributed by atoms with Crippen LogP contribution in [0, 0.1) is 0 Å². The topological polar surface area (TPSA) is 59.4 Å². The number of hydrogen-bond acceptors (Lipinski definition) is 6. The molecule has 2 heterocycles. The van der Waals surface area contributed by atoms with Gasteiger partial charge in [0.05, 0.1) is 6.61 Å². The molecule has 0 radical (unpaired) electrons. The number of nitrogens with zero attached hydrogens (tertiary/aromatic N) is 3. The number of likely N-dealkylation sites (tertiary alicyclic amines) is 1. The lowest BCUT2D eigenvalue weighted by Gasteiger charge is -2.38. The van der Waals surface area contributed by atoms with Crippen molar-refractivity contribution >= 4 is 0 Å². The van der Waals surface area contributed by atoms with Gasteiger partial charge in [0.25, 0.3) is 0 Å². The van der Waals surface area contributed by atoms with Crippen molar-refractivity contribution < 1.29 is 14.9 Å². The molecular weight excluding hydrogens is 330 g/mol. The van der Waals surface area contributed by atoms with Gasteiger partial charge in [-0.15, -0.1) is 0 Å². The molecule has 2 N–H and O–H groups in total. The standard InChI is InChI=1S/C20H33N3O3/c1-21-9-11-22(12-10-21)13-14-26-19-6-3-2-5-18(19)15-23-8-4-7-20(25,16-23)17-24/h2-3,5-6,24-25H,4,7-17H2,1H3/t20-/m0/s1. The Kier molecular flexibility index (Phi) is 6.89. The minimum atomic E-state index is -0.963. The first-order valence-corrected chi connectivity index (χ1v) is 9.75. The van der Waals surface area contributed by atoms with Crippen molar-refractivity contribution in [1.29, 1.82) is 0 Å². The molecule has 6 nitrogen and oxygen atoms in total. The fourth-order valence-corrected chi connectivity index (χ4v) is 3.84. The van der Waals surface area contributed by atoms with Gasteiger partial charge in [-0.1, -0.05) is 18.2 Å². The van der Waals surface area contributed by atoms with Crippen molar-refractivity contribution in [3.8, 4) is 5.75 Å². The van der Waals surface area contributed by atoms with Crippen LogP contribution in [0.15, 0.2) is 24.3 Å². The first-order chi connectivity index (χ1) is 12.6. The summed E-state index contributed by atoms with van der Waals surface area (Å²) in [6.07, 6.45) is 1.58. The zero-order valence-electron chi connectivity index (χ0n) is 15.9. The Bertz CT molecular complexity index is 563. The maximum atomic E-state index is 10.4. The Morgan fingerprint density at radius 1 is 1.08 bits per heavy atom. The molecule has 0 aromatic heterocycles. The number of piperazine rings is 1. The summed E-state index contributed by atoms with van der Waals surface area (Å²) in [4.78, 5) is 7.02. The van der Waals surface area contributed by atoms with Crippen LogP contribution in [0.25, 0.3) is 0 Å². The van der Waals surface area contributed by atoms with Gasteiger partial charge >= 0.3 is 0 Å². The van der Waals surface area contributed by atoms with Gasteiger partial charge in [0.2, 0.25) is 0 Å². The third kappa shape index (κ3) is 5.41. The molecule has 0 spiro atoms. The van der Waals surface area contributed by atoms with Crippen LogP contribution in [0.2, 0.25) is 0 Å². The summed E-state index contributed by atoms with van der Waals surface area (Å²) in [6.45, 7) is 8.14. The van der Waals surface area contributed by atoms with E-state index in [4.69, 9.17) is 4.74 Å². The lowest BCUT2D eigenvalue weighted by atomic mass is 9.93. The molecule has 1 aromatic rings. The van der Waals surface area contributed by atoms with Gasteiger partial charge in [-0.3, -0.25) is 9.80 Å². The van der Waals surface area contributed by atoms with Crippen molar-refractivity contribution in [3.63, 3.8) is 0 Å². The number of ether oxygens (including phenoxy) is 1. The average molecular weight is 364 g/mol. The Hall–Kier alpha value is -1.18. The largest absolute Gasteiger partial charge is 0.492 e. The van der Waals surface area contributed by atoms with Crippen molar-refractivity contribution in [2.75, 3.05) is 66.1 Å². The van der Waals surface area contributed by atoms with Gasteiger partial charge in [-0.05, 0) is 32.5 Å². The quantitative estimate of drug-likeness (QED) is 0.741. The highest BCUT2D eigenvalue weighted by Gasteiger charge is 2.32. The maximum Gasteiger partial charge on any atom is 0.123 e. The summed E-state index contributed by atoms with van der Waals surface area (Å²) >= 11 is 0. The second-order valence-electron chi connectivity index (χ2n) is 7.80. The van der Waals surface area contributed by atoms with Crippen LogP contribution in [-0.4, -0.2) is 96.6 Å². The molecule has 0 amide bonds. The van der Waals surface area contributed by atoms with E-state index < -0.39 is 5.60 Å². The molecule has 0 bridgehead atoms. The number of β-amino-alcohol motifs (C(OH)–C–C–N with tert-alkyl or cyclic N) is 1. The van der Waals surface area contributed by atoms with Gasteiger partial charge in [-0.25, -0.2) is 0 Å². The van der Waals surface area contributed by atoms with Crippen LogP contribution < -0.4 is 4.74 Å². The smallest absolute Gasteiger partial charge is 0.123 e. The number of benzene rings is 1. The molecule has 26 heavy (non-hydrogen) atoms. The Morgan fingerprint density at radius 3 is 2.62 bits per heavy atom. The van der Waals surface area contributed by atoms with E-state index >= 15 is 0 Å². The van der Waals surface area contributed by atoms with E-state index in [2.05, 4.69) is 27.8 Å². The fraction of sp³-hybridized carbons (Fsp3) is 0.700. The third-order valence-electron chi connectivity index (χ3n) is 5.56. The summed E-state index contributed by atoms with van der Waals surface area (Å²) < 4.78 is 6.09.